The maximum Gasteiger partial charge on any atom is 0.0782 e. The fourth-order valence-electron chi connectivity index (χ4n) is 8.25. The van der Waals surface area contributed by atoms with Gasteiger partial charge in [-0.15, -0.1) is 11.3 Å². The Balaban J connectivity index is 1.25. The van der Waals surface area contributed by atoms with Crippen LogP contribution in [0, 0.1) is 0 Å². The van der Waals surface area contributed by atoms with Crippen molar-refractivity contribution in [2.24, 2.45) is 0 Å². The van der Waals surface area contributed by atoms with Gasteiger partial charge in [-0.3, -0.25) is 0 Å². The third kappa shape index (κ3) is 4.29. The van der Waals surface area contributed by atoms with Crippen molar-refractivity contribution in [3.05, 3.63) is 182 Å². The molecule has 238 valence electrons. The van der Waals surface area contributed by atoms with Crippen molar-refractivity contribution in [2.45, 2.75) is 0 Å². The molecule has 0 aliphatic heterocycles. The van der Waals surface area contributed by atoms with Crippen LogP contribution in [0.5, 0.6) is 0 Å². The van der Waals surface area contributed by atoms with E-state index in [1.54, 1.807) is 0 Å². The highest BCUT2D eigenvalue weighted by molar-refractivity contribution is 7.25. The number of fused-ring (bicyclic) bond motifs is 11. The second kappa shape index (κ2) is 11.0. The minimum atomic E-state index is 1.12. The SMILES string of the molecule is c1ccc(-n2c3ccccc3c3cccc(N(c4ccc5ccc6c7ccccc7ccc6c5c4)c4ccc5sc6ccccc6c5c4)c32)cc1. The van der Waals surface area contributed by atoms with Crippen LogP contribution in [-0.2, 0) is 0 Å². The van der Waals surface area contributed by atoms with Gasteiger partial charge in [0.2, 0.25) is 0 Å². The van der Waals surface area contributed by atoms with E-state index >= 15 is 0 Å². The monoisotopic (exact) mass is 666 g/mol. The van der Waals surface area contributed by atoms with Crippen molar-refractivity contribution in [3.63, 3.8) is 0 Å². The molecule has 9 aromatic carbocycles. The van der Waals surface area contributed by atoms with E-state index in [-0.39, 0.29) is 0 Å². The van der Waals surface area contributed by atoms with Gasteiger partial charge in [-0.25, -0.2) is 0 Å². The smallest absolute Gasteiger partial charge is 0.0782 e. The number of hydrogen-bond acceptors (Lipinski definition) is 2. The molecule has 2 heterocycles. The highest BCUT2D eigenvalue weighted by Crippen LogP contribution is 2.46. The van der Waals surface area contributed by atoms with Crippen LogP contribution in [-0.4, -0.2) is 4.57 Å². The standard InChI is InChI=1S/C48H30N2S/c1-2-12-33(13-3-1)50-44-18-8-6-15-39(44)41-17-10-19-45(48(41)50)49(35-25-28-47-43(30-35)40-16-7-9-20-46(40)51-47)34-24-21-32-23-26-37-36-14-5-4-11-31(36)22-27-38(37)42(32)29-34/h1-30H. The van der Waals surface area contributed by atoms with Crippen LogP contribution in [0.4, 0.5) is 17.1 Å². The minimum absolute atomic E-state index is 1.12. The van der Waals surface area contributed by atoms with Crippen LogP contribution in [0.3, 0.4) is 0 Å². The van der Waals surface area contributed by atoms with Crippen molar-refractivity contribution in [1.29, 1.82) is 0 Å². The van der Waals surface area contributed by atoms with Crippen LogP contribution in [0.1, 0.15) is 0 Å². The van der Waals surface area contributed by atoms with Gasteiger partial charge in [0.15, 0.2) is 0 Å². The van der Waals surface area contributed by atoms with Gasteiger partial charge in [-0.1, -0.05) is 121 Å². The Bertz CT molecular complexity index is 3150. The number of aromatic nitrogens is 1. The molecule has 0 saturated carbocycles. The lowest BCUT2D eigenvalue weighted by Crippen LogP contribution is -2.11. The summed E-state index contributed by atoms with van der Waals surface area (Å²) >= 11 is 1.86. The van der Waals surface area contributed by atoms with E-state index in [1.165, 1.54) is 74.3 Å². The third-order valence-corrected chi connectivity index (χ3v) is 11.7. The zero-order chi connectivity index (χ0) is 33.5. The molecule has 0 aliphatic carbocycles. The van der Waals surface area contributed by atoms with Crippen LogP contribution in [0.25, 0.3) is 80.0 Å². The molecule has 0 fully saturated rings. The molecule has 0 spiro atoms. The quantitative estimate of drug-likeness (QED) is 0.170. The van der Waals surface area contributed by atoms with Crippen LogP contribution in [0.15, 0.2) is 182 Å². The Morgan fingerprint density at radius 1 is 0.373 bits per heavy atom. The van der Waals surface area contributed by atoms with Gasteiger partial charge in [0.05, 0.1) is 16.7 Å². The summed E-state index contributed by atoms with van der Waals surface area (Å²) in [5, 5.41) is 12.6. The van der Waals surface area contributed by atoms with Crippen molar-refractivity contribution in [1.82, 2.24) is 4.57 Å². The van der Waals surface area contributed by atoms with E-state index in [2.05, 4.69) is 191 Å². The lowest BCUT2D eigenvalue weighted by atomic mass is 9.96. The predicted molar refractivity (Wildman–Crippen MR) is 221 cm³/mol. The van der Waals surface area contributed by atoms with Gasteiger partial charge in [0.1, 0.15) is 0 Å². The average molecular weight is 667 g/mol. The summed E-state index contributed by atoms with van der Waals surface area (Å²) in [7, 11) is 0. The highest BCUT2D eigenvalue weighted by atomic mass is 32.1. The lowest BCUT2D eigenvalue weighted by molar-refractivity contribution is 1.17. The van der Waals surface area contributed by atoms with Crippen LogP contribution in [0.2, 0.25) is 0 Å². The molecular formula is C48H30N2S. The number of anilines is 3. The van der Waals surface area contributed by atoms with Crippen molar-refractivity contribution in [2.75, 3.05) is 4.90 Å². The van der Waals surface area contributed by atoms with Crippen LogP contribution < -0.4 is 4.90 Å². The summed E-state index contributed by atoms with van der Waals surface area (Å²) in [6.07, 6.45) is 0. The first kappa shape index (κ1) is 28.4. The number of benzene rings is 9. The van der Waals surface area contributed by atoms with E-state index in [4.69, 9.17) is 0 Å². The molecule has 0 unspecified atom stereocenters. The Morgan fingerprint density at radius 3 is 1.84 bits per heavy atom. The van der Waals surface area contributed by atoms with E-state index in [9.17, 15) is 0 Å². The maximum absolute atomic E-state index is 2.48. The summed E-state index contributed by atoms with van der Waals surface area (Å²) in [4.78, 5) is 2.48. The second-order valence-electron chi connectivity index (χ2n) is 13.3. The van der Waals surface area contributed by atoms with Gasteiger partial charge < -0.3 is 9.47 Å². The summed E-state index contributed by atoms with van der Waals surface area (Å²) in [6, 6.07) is 66.9. The molecule has 2 aromatic heterocycles. The van der Waals surface area contributed by atoms with E-state index in [1.807, 2.05) is 11.3 Å². The largest absolute Gasteiger partial charge is 0.308 e. The fourth-order valence-corrected chi connectivity index (χ4v) is 9.34. The molecule has 51 heavy (non-hydrogen) atoms. The van der Waals surface area contributed by atoms with Crippen LogP contribution >= 0.6 is 11.3 Å². The fraction of sp³-hybridized carbons (Fsp3) is 0. The molecule has 0 N–H and O–H groups in total. The molecule has 0 radical (unpaired) electrons. The molecular weight excluding hydrogens is 637 g/mol. The first-order chi connectivity index (χ1) is 25.3. The zero-order valence-corrected chi connectivity index (χ0v) is 28.4. The normalized spacial score (nSPS) is 11.9. The third-order valence-electron chi connectivity index (χ3n) is 10.5. The molecule has 0 atom stereocenters. The van der Waals surface area contributed by atoms with Crippen molar-refractivity contribution >= 4 is 103 Å². The average Bonchev–Trinajstić information content (AvgIpc) is 3.74. The Kier molecular flexibility index (Phi) is 6.16. The van der Waals surface area contributed by atoms with E-state index < -0.39 is 0 Å². The zero-order valence-electron chi connectivity index (χ0n) is 27.6. The first-order valence-corrected chi connectivity index (χ1v) is 18.3. The molecule has 0 bridgehead atoms. The van der Waals surface area contributed by atoms with Gasteiger partial charge >= 0.3 is 0 Å². The maximum atomic E-state index is 2.48. The van der Waals surface area contributed by atoms with E-state index in [0.717, 1.165) is 22.7 Å². The Hall–Kier alpha value is -6.42. The predicted octanol–water partition coefficient (Wildman–Crippen LogP) is 14.1. The second-order valence-corrected chi connectivity index (χ2v) is 14.4. The number of thiophene rings is 1. The summed E-state index contributed by atoms with van der Waals surface area (Å²) in [6.45, 7) is 0. The number of rotatable bonds is 4. The molecule has 2 nitrogen and oxygen atoms in total. The van der Waals surface area contributed by atoms with Gasteiger partial charge in [-0.05, 0) is 93.0 Å². The lowest BCUT2D eigenvalue weighted by Gasteiger charge is -2.28. The topological polar surface area (TPSA) is 8.17 Å². The van der Waals surface area contributed by atoms with Gasteiger partial charge in [0, 0.05) is 48.0 Å². The molecule has 11 aromatic rings. The number of para-hydroxylation sites is 3. The Labute approximate surface area is 298 Å². The summed E-state index contributed by atoms with van der Waals surface area (Å²) in [5.41, 5.74) is 6.92. The molecule has 3 heteroatoms. The molecule has 0 saturated heterocycles. The Morgan fingerprint density at radius 2 is 0.980 bits per heavy atom. The molecule has 0 aliphatic rings. The van der Waals surface area contributed by atoms with Crippen molar-refractivity contribution in [3.8, 4) is 5.69 Å². The van der Waals surface area contributed by atoms with E-state index in [0.29, 0.717) is 0 Å². The summed E-state index contributed by atoms with van der Waals surface area (Å²) < 4.78 is 5.05. The molecule has 11 rings (SSSR count). The van der Waals surface area contributed by atoms with Gasteiger partial charge in [0.25, 0.3) is 0 Å². The highest BCUT2D eigenvalue weighted by Gasteiger charge is 2.22. The number of hydrogen-bond donors (Lipinski definition) is 0. The number of nitrogens with zero attached hydrogens (tertiary/aromatic N) is 2. The molecule has 0 amide bonds. The summed E-state index contributed by atoms with van der Waals surface area (Å²) in [5.74, 6) is 0. The minimum Gasteiger partial charge on any atom is -0.308 e. The van der Waals surface area contributed by atoms with Gasteiger partial charge in [-0.2, -0.15) is 0 Å². The first-order valence-electron chi connectivity index (χ1n) is 17.4. The van der Waals surface area contributed by atoms with Crippen molar-refractivity contribution < 1.29 is 0 Å².